The van der Waals surface area contributed by atoms with Crippen molar-refractivity contribution in [1.29, 1.82) is 0 Å². The van der Waals surface area contributed by atoms with E-state index >= 15 is 0 Å². The van der Waals surface area contributed by atoms with Gasteiger partial charge in [0.25, 0.3) is 0 Å². The third-order valence-corrected chi connectivity index (χ3v) is 3.28. The van der Waals surface area contributed by atoms with Crippen LogP contribution < -0.4 is 10.5 Å². The van der Waals surface area contributed by atoms with Crippen LogP contribution in [0.1, 0.15) is 30.0 Å². The van der Waals surface area contributed by atoms with E-state index in [1.54, 1.807) is 7.11 Å². The second-order valence-electron chi connectivity index (χ2n) is 4.78. The lowest BCUT2D eigenvalue weighted by Crippen LogP contribution is -2.23. The molecule has 3 N–H and O–H groups in total. The fourth-order valence-electron chi connectivity index (χ4n) is 2.34. The number of rotatable bonds is 5. The number of aliphatic hydroxyl groups excluding tert-OH is 1. The van der Waals surface area contributed by atoms with Gasteiger partial charge < -0.3 is 20.3 Å². The van der Waals surface area contributed by atoms with Gasteiger partial charge in [-0.25, -0.2) is 0 Å². The molecule has 4 nitrogen and oxygen atoms in total. The average molecular weight is 251 g/mol. The fraction of sp³-hybridized carbons (Fsp3) is 0.571. The molecule has 0 saturated heterocycles. The van der Waals surface area contributed by atoms with Crippen molar-refractivity contribution in [1.82, 2.24) is 0 Å². The summed E-state index contributed by atoms with van der Waals surface area (Å²) in [6.45, 7) is 0.520. The lowest BCUT2D eigenvalue weighted by Gasteiger charge is -2.23. The van der Waals surface area contributed by atoms with Crippen LogP contribution >= 0.6 is 0 Å². The normalized spacial score (nSPS) is 20.3. The first kappa shape index (κ1) is 13.3. The van der Waals surface area contributed by atoms with Crippen molar-refractivity contribution in [3.63, 3.8) is 0 Å². The fourth-order valence-corrected chi connectivity index (χ4v) is 2.34. The summed E-state index contributed by atoms with van der Waals surface area (Å²) in [6.07, 6.45) is 2.68. The number of hydrogen-bond donors (Lipinski definition) is 2. The highest BCUT2D eigenvalue weighted by atomic mass is 16.5. The maximum atomic E-state index is 9.53. The minimum absolute atomic E-state index is 0.112. The van der Waals surface area contributed by atoms with Crippen LogP contribution in [-0.2, 0) is 11.2 Å². The molecule has 0 aliphatic heterocycles. The molecule has 1 aliphatic carbocycles. The first-order valence-electron chi connectivity index (χ1n) is 6.39. The number of nitrogens with two attached hydrogens (primary N) is 1. The quantitative estimate of drug-likeness (QED) is 0.830. The number of ether oxygens (including phenoxy) is 2. The molecule has 18 heavy (non-hydrogen) atoms. The molecular weight excluding hydrogens is 230 g/mol. The Morgan fingerprint density at radius 2 is 2.28 bits per heavy atom. The summed E-state index contributed by atoms with van der Waals surface area (Å²) in [5.41, 5.74) is 8.59. The number of aliphatic hydroxyl groups is 1. The number of aryl methyl sites for hydroxylation is 1. The second-order valence-corrected chi connectivity index (χ2v) is 4.78. The molecule has 0 radical (unpaired) electrons. The van der Waals surface area contributed by atoms with E-state index in [0.29, 0.717) is 0 Å². The molecule has 1 aliphatic rings. The maximum absolute atomic E-state index is 9.53. The van der Waals surface area contributed by atoms with Crippen LogP contribution in [0.3, 0.4) is 0 Å². The zero-order valence-electron chi connectivity index (χ0n) is 10.8. The Labute approximate surface area is 108 Å². The van der Waals surface area contributed by atoms with E-state index in [4.69, 9.17) is 15.2 Å². The van der Waals surface area contributed by atoms with Crippen molar-refractivity contribution >= 4 is 0 Å². The van der Waals surface area contributed by atoms with E-state index < -0.39 is 6.10 Å². The molecule has 2 rings (SSSR count). The standard InChI is InChI=1S/C14H21NO3/c1-17-8-11(16)9-18-12-6-5-10-3-2-4-14(15)13(10)7-12/h5-7,11,14,16H,2-4,8-9,15H2,1H3/t11?,14-/m0/s1. The van der Waals surface area contributed by atoms with E-state index in [1.165, 1.54) is 11.1 Å². The van der Waals surface area contributed by atoms with Crippen molar-refractivity contribution in [3.8, 4) is 5.75 Å². The lowest BCUT2D eigenvalue weighted by molar-refractivity contribution is 0.0325. The summed E-state index contributed by atoms with van der Waals surface area (Å²) in [5.74, 6) is 0.765. The van der Waals surface area contributed by atoms with Gasteiger partial charge in [-0.2, -0.15) is 0 Å². The van der Waals surface area contributed by atoms with E-state index in [9.17, 15) is 5.11 Å². The summed E-state index contributed by atoms with van der Waals surface area (Å²) < 4.78 is 10.4. The van der Waals surface area contributed by atoms with Crippen LogP contribution in [0.4, 0.5) is 0 Å². The highest BCUT2D eigenvalue weighted by molar-refractivity contribution is 5.39. The van der Waals surface area contributed by atoms with E-state index in [-0.39, 0.29) is 19.3 Å². The molecule has 0 amide bonds. The Morgan fingerprint density at radius 1 is 1.44 bits per heavy atom. The summed E-state index contributed by atoms with van der Waals surface area (Å²) in [7, 11) is 1.56. The van der Waals surface area contributed by atoms with Gasteiger partial charge in [-0.1, -0.05) is 6.07 Å². The van der Waals surface area contributed by atoms with Gasteiger partial charge in [0.1, 0.15) is 18.5 Å². The van der Waals surface area contributed by atoms with Crippen molar-refractivity contribution in [2.24, 2.45) is 5.73 Å². The molecule has 1 aromatic carbocycles. The Balaban J connectivity index is 2.00. The predicted molar refractivity (Wildman–Crippen MR) is 69.7 cm³/mol. The van der Waals surface area contributed by atoms with E-state index in [1.807, 2.05) is 12.1 Å². The zero-order valence-corrected chi connectivity index (χ0v) is 10.8. The molecule has 0 heterocycles. The number of fused-ring (bicyclic) bond motifs is 1. The van der Waals surface area contributed by atoms with Gasteiger partial charge in [0.2, 0.25) is 0 Å². The van der Waals surface area contributed by atoms with Gasteiger partial charge in [0, 0.05) is 13.2 Å². The van der Waals surface area contributed by atoms with Crippen LogP contribution in [0.25, 0.3) is 0 Å². The lowest BCUT2D eigenvalue weighted by atomic mass is 9.88. The summed E-state index contributed by atoms with van der Waals surface area (Å²) in [4.78, 5) is 0. The largest absolute Gasteiger partial charge is 0.491 e. The predicted octanol–water partition coefficient (Wildman–Crippen LogP) is 1.41. The molecule has 0 saturated carbocycles. The van der Waals surface area contributed by atoms with Crippen molar-refractivity contribution in [2.75, 3.05) is 20.3 Å². The van der Waals surface area contributed by atoms with Crippen LogP contribution in [0, 0.1) is 0 Å². The number of methoxy groups -OCH3 is 1. The molecule has 2 atom stereocenters. The summed E-state index contributed by atoms with van der Waals surface area (Å²) >= 11 is 0. The maximum Gasteiger partial charge on any atom is 0.119 e. The third kappa shape index (κ3) is 3.22. The van der Waals surface area contributed by atoms with Gasteiger partial charge >= 0.3 is 0 Å². The Kier molecular flexibility index (Phi) is 4.58. The smallest absolute Gasteiger partial charge is 0.119 e. The molecule has 4 heteroatoms. The van der Waals surface area contributed by atoms with Crippen molar-refractivity contribution in [3.05, 3.63) is 29.3 Å². The molecule has 0 aromatic heterocycles. The number of hydrogen-bond acceptors (Lipinski definition) is 4. The van der Waals surface area contributed by atoms with Gasteiger partial charge in [-0.05, 0) is 42.5 Å². The first-order valence-corrected chi connectivity index (χ1v) is 6.39. The topological polar surface area (TPSA) is 64.7 Å². The molecule has 1 unspecified atom stereocenters. The SMILES string of the molecule is COCC(O)COc1ccc2c(c1)[C@@H](N)CCC2. The first-order chi connectivity index (χ1) is 8.70. The van der Waals surface area contributed by atoms with E-state index in [2.05, 4.69) is 6.07 Å². The molecule has 0 spiro atoms. The van der Waals surface area contributed by atoms with Crippen LogP contribution in [-0.4, -0.2) is 31.5 Å². The van der Waals surface area contributed by atoms with Crippen LogP contribution in [0.15, 0.2) is 18.2 Å². The van der Waals surface area contributed by atoms with Crippen molar-refractivity contribution < 1.29 is 14.6 Å². The third-order valence-electron chi connectivity index (χ3n) is 3.28. The Hall–Kier alpha value is -1.10. The van der Waals surface area contributed by atoms with Crippen LogP contribution in [0.2, 0.25) is 0 Å². The molecule has 0 bridgehead atoms. The summed E-state index contributed by atoms with van der Waals surface area (Å²) in [6, 6.07) is 6.13. The molecule has 1 aromatic rings. The minimum atomic E-state index is -0.597. The monoisotopic (exact) mass is 251 g/mol. The highest BCUT2D eigenvalue weighted by Gasteiger charge is 2.17. The second kappa shape index (κ2) is 6.18. The highest BCUT2D eigenvalue weighted by Crippen LogP contribution is 2.30. The molecular formula is C14H21NO3. The van der Waals surface area contributed by atoms with Gasteiger partial charge in [0.05, 0.1) is 6.61 Å². The van der Waals surface area contributed by atoms with Crippen LogP contribution in [0.5, 0.6) is 5.75 Å². The van der Waals surface area contributed by atoms with Gasteiger partial charge in [0.15, 0.2) is 0 Å². The van der Waals surface area contributed by atoms with E-state index in [0.717, 1.165) is 25.0 Å². The zero-order chi connectivity index (χ0) is 13.0. The number of benzene rings is 1. The van der Waals surface area contributed by atoms with Crippen molar-refractivity contribution in [2.45, 2.75) is 31.4 Å². The van der Waals surface area contributed by atoms with Gasteiger partial charge in [-0.15, -0.1) is 0 Å². The van der Waals surface area contributed by atoms with Gasteiger partial charge in [-0.3, -0.25) is 0 Å². The minimum Gasteiger partial charge on any atom is -0.491 e. The Bertz CT molecular complexity index is 395. The Morgan fingerprint density at radius 3 is 3.06 bits per heavy atom. The molecule has 100 valence electrons. The summed E-state index contributed by atoms with van der Waals surface area (Å²) in [5, 5.41) is 9.53. The average Bonchev–Trinajstić information content (AvgIpc) is 2.37. The molecule has 0 fully saturated rings.